The van der Waals surface area contributed by atoms with Gasteiger partial charge in [0, 0.05) is 24.1 Å². The number of hydrogen-bond donors (Lipinski definition) is 2. The highest BCUT2D eigenvalue weighted by atomic mass is 32.2. The predicted molar refractivity (Wildman–Crippen MR) is 92.7 cm³/mol. The first kappa shape index (κ1) is 17.8. The Morgan fingerprint density at radius 2 is 1.87 bits per heavy atom. The van der Waals surface area contributed by atoms with Crippen molar-refractivity contribution in [2.45, 2.75) is 18.7 Å². The number of hydrogen-bond acceptors (Lipinski definition) is 3. The lowest BCUT2D eigenvalue weighted by Crippen LogP contribution is -3.15. The minimum absolute atomic E-state index is 0.0979. The average Bonchev–Trinajstić information content (AvgIpc) is 2.54. The molecule has 1 aromatic rings. The van der Waals surface area contributed by atoms with E-state index in [-0.39, 0.29) is 11.8 Å². The molecule has 0 atom stereocenters. The number of piperazine rings is 1. The van der Waals surface area contributed by atoms with Gasteiger partial charge in [0.05, 0.1) is 26.2 Å². The molecule has 0 aromatic heterocycles. The summed E-state index contributed by atoms with van der Waals surface area (Å²) < 4.78 is 0. The van der Waals surface area contributed by atoms with Crippen molar-refractivity contribution in [3.05, 3.63) is 29.8 Å². The van der Waals surface area contributed by atoms with Crippen LogP contribution in [0.2, 0.25) is 0 Å². The molecule has 0 radical (unpaired) electrons. The van der Waals surface area contributed by atoms with Crippen LogP contribution in [0.15, 0.2) is 29.2 Å². The highest BCUT2D eigenvalue weighted by Crippen LogP contribution is 2.17. The maximum absolute atomic E-state index is 12.0. The van der Waals surface area contributed by atoms with Crippen LogP contribution in [0, 0.1) is 6.92 Å². The lowest BCUT2D eigenvalue weighted by molar-refractivity contribution is -0.896. The molecule has 126 valence electrons. The van der Waals surface area contributed by atoms with Crippen LogP contribution in [0.3, 0.4) is 0 Å². The topological polar surface area (TPSA) is 53.9 Å². The van der Waals surface area contributed by atoms with Crippen molar-refractivity contribution in [2.75, 3.05) is 45.0 Å². The first-order valence-corrected chi connectivity index (χ1v) is 9.08. The molecule has 0 saturated carbocycles. The number of nitrogens with one attached hydrogen (secondary N) is 2. The second kappa shape index (κ2) is 8.93. The Kier molecular flexibility index (Phi) is 6.92. The molecule has 0 unspecified atom stereocenters. The molecule has 2 rings (SSSR count). The third-order valence-corrected chi connectivity index (χ3v) is 5.05. The Morgan fingerprint density at radius 1 is 1.22 bits per heavy atom. The SMILES string of the molecule is CC(=O)N1CC[NH+](CC(=O)NCCSc2ccc(C)cc2)CC1. The zero-order valence-electron chi connectivity index (χ0n) is 13.9. The monoisotopic (exact) mass is 336 g/mol. The molecule has 1 aliphatic heterocycles. The van der Waals surface area contributed by atoms with E-state index in [4.69, 9.17) is 0 Å². The van der Waals surface area contributed by atoms with E-state index in [1.165, 1.54) is 15.4 Å². The number of quaternary nitrogens is 1. The summed E-state index contributed by atoms with van der Waals surface area (Å²) in [4.78, 5) is 27.6. The van der Waals surface area contributed by atoms with Crippen LogP contribution in [0.5, 0.6) is 0 Å². The van der Waals surface area contributed by atoms with E-state index in [9.17, 15) is 9.59 Å². The van der Waals surface area contributed by atoms with Gasteiger partial charge in [-0.2, -0.15) is 0 Å². The summed E-state index contributed by atoms with van der Waals surface area (Å²) in [6.45, 7) is 8.07. The van der Waals surface area contributed by atoms with E-state index < -0.39 is 0 Å². The van der Waals surface area contributed by atoms with E-state index in [2.05, 4.69) is 36.5 Å². The third kappa shape index (κ3) is 6.23. The molecule has 23 heavy (non-hydrogen) atoms. The van der Waals surface area contributed by atoms with Crippen LogP contribution in [0.25, 0.3) is 0 Å². The fourth-order valence-electron chi connectivity index (χ4n) is 2.60. The largest absolute Gasteiger partial charge is 0.350 e. The molecule has 0 aliphatic carbocycles. The van der Waals surface area contributed by atoms with Crippen molar-refractivity contribution in [1.29, 1.82) is 0 Å². The number of carbonyl (C=O) groups excluding carboxylic acids is 2. The lowest BCUT2D eigenvalue weighted by Gasteiger charge is -2.31. The zero-order chi connectivity index (χ0) is 16.7. The average molecular weight is 336 g/mol. The van der Waals surface area contributed by atoms with Gasteiger partial charge in [0.25, 0.3) is 5.91 Å². The number of nitrogens with zero attached hydrogens (tertiary/aromatic N) is 1. The van der Waals surface area contributed by atoms with Gasteiger partial charge in [-0.1, -0.05) is 17.7 Å². The Balaban J connectivity index is 1.58. The van der Waals surface area contributed by atoms with Crippen molar-refractivity contribution in [3.63, 3.8) is 0 Å². The van der Waals surface area contributed by atoms with Crippen molar-refractivity contribution in [3.8, 4) is 0 Å². The first-order valence-electron chi connectivity index (χ1n) is 8.10. The van der Waals surface area contributed by atoms with Crippen molar-refractivity contribution >= 4 is 23.6 Å². The zero-order valence-corrected chi connectivity index (χ0v) is 14.7. The highest BCUT2D eigenvalue weighted by molar-refractivity contribution is 7.99. The molecule has 1 saturated heterocycles. The van der Waals surface area contributed by atoms with Crippen LogP contribution in [-0.2, 0) is 9.59 Å². The van der Waals surface area contributed by atoms with E-state index >= 15 is 0 Å². The van der Waals surface area contributed by atoms with Gasteiger partial charge >= 0.3 is 0 Å². The fraction of sp³-hybridized carbons (Fsp3) is 0.529. The third-order valence-electron chi connectivity index (χ3n) is 4.04. The van der Waals surface area contributed by atoms with Crippen molar-refractivity contribution in [1.82, 2.24) is 10.2 Å². The highest BCUT2D eigenvalue weighted by Gasteiger charge is 2.23. The van der Waals surface area contributed by atoms with Gasteiger partial charge < -0.3 is 15.1 Å². The number of benzene rings is 1. The predicted octanol–water partition coefficient (Wildman–Crippen LogP) is -0.0497. The molecule has 0 spiro atoms. The molecule has 1 fully saturated rings. The summed E-state index contributed by atoms with van der Waals surface area (Å²) >= 11 is 1.75. The Bertz CT molecular complexity index is 525. The summed E-state index contributed by atoms with van der Waals surface area (Å²) in [5.41, 5.74) is 1.26. The number of amides is 2. The molecule has 0 bridgehead atoms. The second-order valence-corrected chi connectivity index (χ2v) is 7.11. The van der Waals surface area contributed by atoms with Gasteiger partial charge in [0.2, 0.25) is 5.91 Å². The normalized spacial score (nSPS) is 15.5. The minimum Gasteiger partial charge on any atom is -0.350 e. The molecule has 2 N–H and O–H groups in total. The molecular formula is C17H26N3O2S+. The van der Waals surface area contributed by atoms with Gasteiger partial charge in [0.15, 0.2) is 6.54 Å². The maximum atomic E-state index is 12.0. The van der Waals surface area contributed by atoms with Crippen LogP contribution < -0.4 is 10.2 Å². The quantitative estimate of drug-likeness (QED) is 0.566. The van der Waals surface area contributed by atoms with Gasteiger partial charge in [-0.25, -0.2) is 0 Å². The summed E-state index contributed by atoms with van der Waals surface area (Å²) in [5, 5.41) is 2.98. The minimum atomic E-state index is 0.0979. The summed E-state index contributed by atoms with van der Waals surface area (Å²) in [6.07, 6.45) is 0. The Labute approximate surface area is 142 Å². The Morgan fingerprint density at radius 3 is 2.48 bits per heavy atom. The van der Waals surface area contributed by atoms with Crippen LogP contribution in [0.4, 0.5) is 0 Å². The van der Waals surface area contributed by atoms with Crippen LogP contribution >= 0.6 is 11.8 Å². The van der Waals surface area contributed by atoms with Gasteiger partial charge in [-0.05, 0) is 19.1 Å². The molecule has 5 nitrogen and oxygen atoms in total. The summed E-state index contributed by atoms with van der Waals surface area (Å²) in [6, 6.07) is 8.43. The van der Waals surface area contributed by atoms with E-state index in [0.29, 0.717) is 13.1 Å². The summed E-state index contributed by atoms with van der Waals surface area (Å²) in [5.74, 6) is 1.10. The number of carbonyl (C=O) groups is 2. The number of rotatable bonds is 6. The first-order chi connectivity index (χ1) is 11.0. The van der Waals surface area contributed by atoms with E-state index in [1.54, 1.807) is 18.7 Å². The standard InChI is InChI=1S/C17H25N3O2S/c1-14-3-5-16(6-4-14)23-12-7-18-17(22)13-19-8-10-20(11-9-19)15(2)21/h3-6H,7-13H2,1-2H3,(H,18,22)/p+1. The molecule has 1 heterocycles. The molecule has 2 amide bonds. The smallest absolute Gasteiger partial charge is 0.275 e. The summed E-state index contributed by atoms with van der Waals surface area (Å²) in [7, 11) is 0. The van der Waals surface area contributed by atoms with E-state index in [1.807, 2.05) is 4.90 Å². The molecule has 1 aromatic carbocycles. The lowest BCUT2D eigenvalue weighted by atomic mass is 10.2. The van der Waals surface area contributed by atoms with Gasteiger partial charge in [-0.3, -0.25) is 9.59 Å². The Hall–Kier alpha value is -1.53. The van der Waals surface area contributed by atoms with Gasteiger partial charge in [0.1, 0.15) is 0 Å². The maximum Gasteiger partial charge on any atom is 0.275 e. The fourth-order valence-corrected chi connectivity index (χ4v) is 3.37. The van der Waals surface area contributed by atoms with Gasteiger partial charge in [-0.15, -0.1) is 11.8 Å². The van der Waals surface area contributed by atoms with E-state index in [0.717, 1.165) is 31.9 Å². The van der Waals surface area contributed by atoms with Crippen LogP contribution in [0.1, 0.15) is 12.5 Å². The van der Waals surface area contributed by atoms with Crippen molar-refractivity contribution < 1.29 is 14.5 Å². The molecule has 1 aliphatic rings. The number of aryl methyl sites for hydroxylation is 1. The molecule has 6 heteroatoms. The van der Waals surface area contributed by atoms with Crippen molar-refractivity contribution in [2.24, 2.45) is 0 Å². The number of thioether (sulfide) groups is 1. The molecular weight excluding hydrogens is 310 g/mol. The second-order valence-electron chi connectivity index (χ2n) is 5.94. The van der Waals surface area contributed by atoms with Crippen LogP contribution in [-0.4, -0.2) is 61.7 Å².